The highest BCUT2D eigenvalue weighted by molar-refractivity contribution is 7.07. The molecule has 2 fully saturated rings. The quantitative estimate of drug-likeness (QED) is 0.771. The summed E-state index contributed by atoms with van der Waals surface area (Å²) < 4.78 is 0. The highest BCUT2D eigenvalue weighted by atomic mass is 32.1. The van der Waals surface area contributed by atoms with Gasteiger partial charge < -0.3 is 15.7 Å². The Morgan fingerprint density at radius 1 is 1.30 bits per heavy atom. The number of carbonyl (C=O) groups is 1. The van der Waals surface area contributed by atoms with Crippen LogP contribution in [0.15, 0.2) is 16.8 Å². The maximum Gasteiger partial charge on any atom is 0.315 e. The summed E-state index contributed by atoms with van der Waals surface area (Å²) in [4.78, 5) is 14.4. The molecule has 6 heteroatoms. The molecule has 1 aromatic rings. The van der Waals surface area contributed by atoms with Crippen LogP contribution in [-0.4, -0.2) is 47.8 Å². The lowest BCUT2D eigenvalue weighted by molar-refractivity contribution is 0.176. The highest BCUT2D eigenvalue weighted by Gasteiger charge is 2.24. The third-order valence-corrected chi connectivity index (χ3v) is 5.71. The highest BCUT2D eigenvalue weighted by Crippen LogP contribution is 2.24. The molecule has 2 aliphatic rings. The minimum absolute atomic E-state index is 0.0531. The SMILES string of the molecule is O=C(NC[C@@H]1CC[C@H](O)C1)NC1CCN(Cc2ccsc2)CC1. The Morgan fingerprint density at radius 2 is 2.13 bits per heavy atom. The number of thiophene rings is 1. The van der Waals surface area contributed by atoms with Crippen LogP contribution in [0.3, 0.4) is 0 Å². The molecule has 0 spiro atoms. The number of aliphatic hydroxyl groups is 1. The van der Waals surface area contributed by atoms with E-state index in [1.165, 1.54) is 5.56 Å². The Labute approximate surface area is 142 Å². The number of urea groups is 1. The Kier molecular flexibility index (Phi) is 5.91. The molecule has 1 aromatic heterocycles. The largest absolute Gasteiger partial charge is 0.393 e. The fourth-order valence-corrected chi connectivity index (χ4v) is 4.24. The third-order valence-electron chi connectivity index (χ3n) is 4.97. The summed E-state index contributed by atoms with van der Waals surface area (Å²) in [5.74, 6) is 0.434. The number of likely N-dealkylation sites (tertiary alicyclic amines) is 1. The lowest BCUT2D eigenvalue weighted by atomic mass is 10.0. The van der Waals surface area contributed by atoms with E-state index in [9.17, 15) is 9.90 Å². The fraction of sp³-hybridized carbons (Fsp3) is 0.706. The van der Waals surface area contributed by atoms with Crippen LogP contribution in [0.25, 0.3) is 0 Å². The van der Waals surface area contributed by atoms with Crippen LogP contribution in [0, 0.1) is 5.92 Å². The van der Waals surface area contributed by atoms with Gasteiger partial charge in [0.25, 0.3) is 0 Å². The molecular formula is C17H27N3O2S. The second kappa shape index (κ2) is 8.13. The van der Waals surface area contributed by atoms with E-state index in [2.05, 4.69) is 32.4 Å². The number of hydrogen-bond acceptors (Lipinski definition) is 4. The standard InChI is InChI=1S/C17H27N3O2S/c21-16-2-1-13(9-16)10-18-17(22)19-15-3-6-20(7-4-15)11-14-5-8-23-12-14/h5,8,12-13,15-16,21H,1-4,6-7,9-11H2,(H2,18,19,22)/t13-,16+/m1/s1. The number of nitrogens with one attached hydrogen (secondary N) is 2. The van der Waals surface area contributed by atoms with Crippen molar-refractivity contribution in [1.29, 1.82) is 0 Å². The van der Waals surface area contributed by atoms with Crippen LogP contribution >= 0.6 is 11.3 Å². The van der Waals surface area contributed by atoms with Crippen molar-refractivity contribution in [1.82, 2.24) is 15.5 Å². The number of hydrogen-bond donors (Lipinski definition) is 3. The number of rotatable bonds is 5. The van der Waals surface area contributed by atoms with Gasteiger partial charge >= 0.3 is 6.03 Å². The first-order chi connectivity index (χ1) is 11.2. The van der Waals surface area contributed by atoms with Crippen molar-refractivity contribution in [3.63, 3.8) is 0 Å². The lowest BCUT2D eigenvalue weighted by Gasteiger charge is -2.32. The zero-order chi connectivity index (χ0) is 16.1. The first-order valence-electron chi connectivity index (χ1n) is 8.65. The molecule has 0 bridgehead atoms. The molecule has 3 N–H and O–H groups in total. The zero-order valence-corrected chi connectivity index (χ0v) is 14.4. The number of piperidine rings is 1. The van der Waals surface area contributed by atoms with Gasteiger partial charge in [-0.2, -0.15) is 11.3 Å². The van der Waals surface area contributed by atoms with Gasteiger partial charge in [-0.3, -0.25) is 4.90 Å². The van der Waals surface area contributed by atoms with Crippen molar-refractivity contribution in [2.75, 3.05) is 19.6 Å². The van der Waals surface area contributed by atoms with Crippen molar-refractivity contribution in [3.8, 4) is 0 Å². The number of amides is 2. The van der Waals surface area contributed by atoms with E-state index < -0.39 is 0 Å². The minimum atomic E-state index is -0.169. The van der Waals surface area contributed by atoms with E-state index in [0.717, 1.165) is 51.7 Å². The molecule has 1 aliphatic carbocycles. The van der Waals surface area contributed by atoms with E-state index in [0.29, 0.717) is 12.5 Å². The summed E-state index contributed by atoms with van der Waals surface area (Å²) in [6, 6.07) is 2.41. The van der Waals surface area contributed by atoms with Gasteiger partial charge in [0, 0.05) is 32.2 Å². The van der Waals surface area contributed by atoms with Crippen LogP contribution in [0.2, 0.25) is 0 Å². The number of carbonyl (C=O) groups excluding carboxylic acids is 1. The topological polar surface area (TPSA) is 64.6 Å². The van der Waals surface area contributed by atoms with Crippen LogP contribution in [0.4, 0.5) is 4.79 Å². The normalized spacial score (nSPS) is 26.3. The van der Waals surface area contributed by atoms with Gasteiger partial charge in [-0.25, -0.2) is 4.79 Å². The first kappa shape index (κ1) is 16.7. The predicted molar refractivity (Wildman–Crippen MR) is 92.5 cm³/mol. The van der Waals surface area contributed by atoms with Gasteiger partial charge in [0.2, 0.25) is 0 Å². The average molecular weight is 337 g/mol. The smallest absolute Gasteiger partial charge is 0.315 e. The van der Waals surface area contributed by atoms with Crippen molar-refractivity contribution < 1.29 is 9.90 Å². The molecule has 1 saturated heterocycles. The van der Waals surface area contributed by atoms with Crippen molar-refractivity contribution in [2.24, 2.45) is 5.92 Å². The third kappa shape index (κ3) is 5.19. The van der Waals surface area contributed by atoms with Crippen LogP contribution < -0.4 is 10.6 Å². The second-order valence-electron chi connectivity index (χ2n) is 6.87. The summed E-state index contributed by atoms with van der Waals surface area (Å²) in [6.45, 7) is 3.78. The molecule has 3 rings (SSSR count). The minimum Gasteiger partial charge on any atom is -0.393 e. The van der Waals surface area contributed by atoms with E-state index >= 15 is 0 Å². The molecule has 23 heavy (non-hydrogen) atoms. The second-order valence-corrected chi connectivity index (χ2v) is 7.65. The maximum absolute atomic E-state index is 12.0. The summed E-state index contributed by atoms with van der Waals surface area (Å²) >= 11 is 1.75. The van der Waals surface area contributed by atoms with Crippen LogP contribution in [0.5, 0.6) is 0 Å². The molecule has 5 nitrogen and oxygen atoms in total. The average Bonchev–Trinajstić information content (AvgIpc) is 3.19. The monoisotopic (exact) mass is 337 g/mol. The molecule has 2 heterocycles. The predicted octanol–water partition coefficient (Wildman–Crippen LogP) is 2.17. The van der Waals surface area contributed by atoms with E-state index in [4.69, 9.17) is 0 Å². The molecule has 128 valence electrons. The molecule has 0 aromatic carbocycles. The molecule has 1 aliphatic heterocycles. The molecule has 0 unspecified atom stereocenters. The van der Waals surface area contributed by atoms with Gasteiger partial charge in [-0.15, -0.1) is 0 Å². The maximum atomic E-state index is 12.0. The van der Waals surface area contributed by atoms with Crippen LogP contribution in [0.1, 0.15) is 37.7 Å². The Hall–Kier alpha value is -1.11. The zero-order valence-electron chi connectivity index (χ0n) is 13.5. The summed E-state index contributed by atoms with van der Waals surface area (Å²) in [5.41, 5.74) is 1.39. The van der Waals surface area contributed by atoms with E-state index in [-0.39, 0.29) is 18.2 Å². The molecule has 1 saturated carbocycles. The van der Waals surface area contributed by atoms with Crippen molar-refractivity contribution >= 4 is 17.4 Å². The van der Waals surface area contributed by atoms with Gasteiger partial charge in [-0.05, 0) is 60.4 Å². The Balaban J connectivity index is 1.31. The molecule has 2 atom stereocenters. The summed E-state index contributed by atoms with van der Waals surface area (Å²) in [7, 11) is 0. The van der Waals surface area contributed by atoms with Gasteiger partial charge in [0.05, 0.1) is 6.10 Å². The summed E-state index contributed by atoms with van der Waals surface area (Å²) in [5, 5.41) is 19.9. The fourth-order valence-electron chi connectivity index (χ4n) is 3.58. The van der Waals surface area contributed by atoms with Crippen molar-refractivity contribution in [2.45, 2.75) is 50.8 Å². The molecule has 2 amide bonds. The molecular weight excluding hydrogens is 310 g/mol. The Morgan fingerprint density at radius 3 is 2.78 bits per heavy atom. The van der Waals surface area contributed by atoms with Gasteiger partial charge in [0.1, 0.15) is 0 Å². The van der Waals surface area contributed by atoms with E-state index in [1.807, 2.05) is 0 Å². The van der Waals surface area contributed by atoms with Gasteiger partial charge in [0.15, 0.2) is 0 Å². The Bertz CT molecular complexity index is 486. The van der Waals surface area contributed by atoms with E-state index in [1.54, 1.807) is 11.3 Å². The van der Waals surface area contributed by atoms with Crippen LogP contribution in [-0.2, 0) is 6.54 Å². The number of nitrogens with zero attached hydrogens (tertiary/aromatic N) is 1. The van der Waals surface area contributed by atoms with Crippen molar-refractivity contribution in [3.05, 3.63) is 22.4 Å². The number of aliphatic hydroxyl groups excluding tert-OH is 1. The summed E-state index contributed by atoms with van der Waals surface area (Å²) in [6.07, 6.45) is 4.57. The lowest BCUT2D eigenvalue weighted by Crippen LogP contribution is -2.48. The molecule has 0 radical (unpaired) electrons. The van der Waals surface area contributed by atoms with Gasteiger partial charge in [-0.1, -0.05) is 0 Å². The first-order valence-corrected chi connectivity index (χ1v) is 9.59.